The molecule has 0 aliphatic rings. The summed E-state index contributed by atoms with van der Waals surface area (Å²) in [4.78, 5) is -0.0443. The molecule has 1 rings (SSSR count). The van der Waals surface area contributed by atoms with Crippen molar-refractivity contribution in [3.05, 3.63) is 23.2 Å². The lowest BCUT2D eigenvalue weighted by Gasteiger charge is -2.31. The quantitative estimate of drug-likeness (QED) is 0.723. The van der Waals surface area contributed by atoms with Crippen LogP contribution >= 0.6 is 11.6 Å². The lowest BCUT2D eigenvalue weighted by Crippen LogP contribution is -2.44. The Bertz CT molecular complexity index is 567. The average molecular weight is 321 g/mol. The summed E-state index contributed by atoms with van der Waals surface area (Å²) in [7, 11) is -3.79. The van der Waals surface area contributed by atoms with E-state index in [1.165, 1.54) is 18.2 Å². The zero-order valence-electron chi connectivity index (χ0n) is 11.9. The predicted molar refractivity (Wildman–Crippen MR) is 81.1 cm³/mol. The fraction of sp³-hybridized carbons (Fsp3) is 0.538. The SMILES string of the molecule is CC(C)(C)C(CCO)NS(=O)(=O)c1cc(Cl)ccc1N. The topological polar surface area (TPSA) is 92.4 Å². The highest BCUT2D eigenvalue weighted by molar-refractivity contribution is 7.89. The molecule has 114 valence electrons. The van der Waals surface area contributed by atoms with Crippen LogP contribution in [0.4, 0.5) is 5.69 Å². The predicted octanol–water partition coefficient (Wildman–Crippen LogP) is 2.00. The van der Waals surface area contributed by atoms with Gasteiger partial charge in [0.1, 0.15) is 4.90 Å². The largest absolute Gasteiger partial charge is 0.398 e. The van der Waals surface area contributed by atoms with Gasteiger partial charge in [-0.3, -0.25) is 0 Å². The maximum Gasteiger partial charge on any atom is 0.242 e. The first-order chi connectivity index (χ1) is 9.08. The Morgan fingerprint density at radius 1 is 1.40 bits per heavy atom. The van der Waals surface area contributed by atoms with Gasteiger partial charge in [-0.15, -0.1) is 0 Å². The number of sulfonamides is 1. The van der Waals surface area contributed by atoms with E-state index in [0.717, 1.165) is 0 Å². The third-order valence-corrected chi connectivity index (χ3v) is 4.79. The van der Waals surface area contributed by atoms with Crippen molar-refractivity contribution in [3.63, 3.8) is 0 Å². The van der Waals surface area contributed by atoms with Gasteiger partial charge >= 0.3 is 0 Å². The molecule has 1 aromatic carbocycles. The van der Waals surface area contributed by atoms with Crippen molar-refractivity contribution in [1.82, 2.24) is 4.72 Å². The van der Waals surface area contributed by atoms with Crippen molar-refractivity contribution in [2.75, 3.05) is 12.3 Å². The van der Waals surface area contributed by atoms with Gasteiger partial charge in [0.2, 0.25) is 10.0 Å². The molecule has 0 spiro atoms. The molecule has 0 aromatic heterocycles. The molecule has 1 aromatic rings. The number of aliphatic hydroxyl groups is 1. The van der Waals surface area contributed by atoms with Gasteiger partial charge in [0.15, 0.2) is 0 Å². The number of hydrogen-bond donors (Lipinski definition) is 3. The zero-order valence-corrected chi connectivity index (χ0v) is 13.4. The number of nitrogens with two attached hydrogens (primary N) is 1. The van der Waals surface area contributed by atoms with Crippen LogP contribution < -0.4 is 10.5 Å². The van der Waals surface area contributed by atoms with Gasteiger partial charge in [0.05, 0.1) is 5.69 Å². The van der Waals surface area contributed by atoms with Gasteiger partial charge in [-0.25, -0.2) is 13.1 Å². The standard InChI is InChI=1S/C13H21ClN2O3S/c1-13(2,3)12(6-7-17)16-20(18,19)11-8-9(14)4-5-10(11)15/h4-5,8,12,16-17H,6-7,15H2,1-3H3. The van der Waals surface area contributed by atoms with E-state index in [1.54, 1.807) is 0 Å². The van der Waals surface area contributed by atoms with Gasteiger partial charge < -0.3 is 10.8 Å². The molecule has 0 heterocycles. The summed E-state index contributed by atoms with van der Waals surface area (Å²) in [6.07, 6.45) is 0.323. The molecule has 0 aliphatic heterocycles. The van der Waals surface area contributed by atoms with Crippen LogP contribution in [0, 0.1) is 5.41 Å². The van der Waals surface area contributed by atoms with Crippen molar-refractivity contribution in [1.29, 1.82) is 0 Å². The van der Waals surface area contributed by atoms with Gasteiger partial charge in [-0.05, 0) is 30.0 Å². The fourth-order valence-electron chi connectivity index (χ4n) is 1.79. The van der Waals surface area contributed by atoms with Gasteiger partial charge in [-0.2, -0.15) is 0 Å². The zero-order chi connectivity index (χ0) is 15.6. The minimum atomic E-state index is -3.79. The first-order valence-electron chi connectivity index (χ1n) is 6.26. The minimum Gasteiger partial charge on any atom is -0.398 e. The van der Waals surface area contributed by atoms with Gasteiger partial charge in [0, 0.05) is 17.7 Å². The molecular formula is C13H21ClN2O3S. The summed E-state index contributed by atoms with van der Waals surface area (Å²) >= 11 is 5.82. The number of rotatable bonds is 5. The number of halogens is 1. The third kappa shape index (κ3) is 4.34. The Morgan fingerprint density at radius 3 is 2.50 bits per heavy atom. The van der Waals surface area contributed by atoms with Crippen LogP contribution in [0.3, 0.4) is 0 Å². The second-order valence-electron chi connectivity index (χ2n) is 5.73. The smallest absolute Gasteiger partial charge is 0.242 e. The van der Waals surface area contributed by atoms with Crippen LogP contribution in [-0.4, -0.2) is 26.2 Å². The second kappa shape index (κ2) is 6.30. The van der Waals surface area contributed by atoms with Crippen LogP contribution in [0.15, 0.2) is 23.1 Å². The number of nitrogen functional groups attached to an aromatic ring is 1. The minimum absolute atomic E-state index is 0.0443. The van der Waals surface area contributed by atoms with Crippen molar-refractivity contribution in [3.8, 4) is 0 Å². The molecular weight excluding hydrogens is 300 g/mol. The monoisotopic (exact) mass is 320 g/mol. The Kier molecular flexibility index (Phi) is 5.43. The van der Waals surface area contributed by atoms with E-state index >= 15 is 0 Å². The molecule has 1 atom stereocenters. The molecule has 0 saturated heterocycles. The molecule has 0 fully saturated rings. The van der Waals surface area contributed by atoms with Crippen molar-refractivity contribution in [2.45, 2.75) is 38.1 Å². The van der Waals surface area contributed by atoms with E-state index in [2.05, 4.69) is 4.72 Å². The maximum absolute atomic E-state index is 12.4. The van der Waals surface area contributed by atoms with Crippen LogP contribution in [0.25, 0.3) is 0 Å². The normalized spacial score (nSPS) is 14.2. The van der Waals surface area contributed by atoms with E-state index < -0.39 is 16.1 Å². The number of anilines is 1. The molecule has 5 nitrogen and oxygen atoms in total. The van der Waals surface area contributed by atoms with Crippen LogP contribution in [0.2, 0.25) is 5.02 Å². The van der Waals surface area contributed by atoms with Crippen LogP contribution in [0.5, 0.6) is 0 Å². The van der Waals surface area contributed by atoms with Crippen LogP contribution in [-0.2, 0) is 10.0 Å². The Balaban J connectivity index is 3.13. The number of hydrogen-bond acceptors (Lipinski definition) is 4. The highest BCUT2D eigenvalue weighted by Crippen LogP contribution is 2.27. The summed E-state index contributed by atoms with van der Waals surface area (Å²) in [5, 5.41) is 9.39. The third-order valence-electron chi connectivity index (χ3n) is 3.03. The van der Waals surface area contributed by atoms with Crippen molar-refractivity contribution >= 4 is 27.3 Å². The Hall–Kier alpha value is -0.820. The van der Waals surface area contributed by atoms with Gasteiger partial charge in [0.25, 0.3) is 0 Å². The highest BCUT2D eigenvalue weighted by Gasteiger charge is 2.30. The second-order valence-corrected chi connectivity index (χ2v) is 7.85. The van der Waals surface area contributed by atoms with Gasteiger partial charge in [-0.1, -0.05) is 32.4 Å². The maximum atomic E-state index is 12.4. The summed E-state index contributed by atoms with van der Waals surface area (Å²) in [5.41, 5.74) is 5.51. The number of benzene rings is 1. The lowest BCUT2D eigenvalue weighted by atomic mass is 9.86. The summed E-state index contributed by atoms with van der Waals surface area (Å²) in [6, 6.07) is 3.90. The van der Waals surface area contributed by atoms with Crippen LogP contribution in [0.1, 0.15) is 27.2 Å². The van der Waals surface area contributed by atoms with E-state index in [4.69, 9.17) is 22.4 Å². The van der Waals surface area contributed by atoms with E-state index in [1.807, 2.05) is 20.8 Å². The van der Waals surface area contributed by atoms with E-state index in [-0.39, 0.29) is 22.6 Å². The average Bonchev–Trinajstić information content (AvgIpc) is 2.30. The molecule has 1 unspecified atom stereocenters. The molecule has 0 saturated carbocycles. The summed E-state index contributed by atoms with van der Waals surface area (Å²) < 4.78 is 27.4. The highest BCUT2D eigenvalue weighted by atomic mass is 35.5. The molecule has 4 N–H and O–H groups in total. The molecule has 7 heteroatoms. The Labute approximate surface area is 125 Å². The molecule has 0 radical (unpaired) electrons. The Morgan fingerprint density at radius 2 is 2.00 bits per heavy atom. The van der Waals surface area contributed by atoms with E-state index in [9.17, 15) is 8.42 Å². The van der Waals surface area contributed by atoms with Crippen molar-refractivity contribution in [2.24, 2.45) is 5.41 Å². The summed E-state index contributed by atoms with van der Waals surface area (Å²) in [6.45, 7) is 5.60. The number of aliphatic hydroxyl groups excluding tert-OH is 1. The lowest BCUT2D eigenvalue weighted by molar-refractivity contribution is 0.214. The summed E-state index contributed by atoms with van der Waals surface area (Å²) in [5.74, 6) is 0. The first kappa shape index (κ1) is 17.2. The number of nitrogens with one attached hydrogen (secondary N) is 1. The molecule has 0 amide bonds. The fourth-order valence-corrected chi connectivity index (χ4v) is 3.66. The molecule has 0 bridgehead atoms. The molecule has 0 aliphatic carbocycles. The molecule has 20 heavy (non-hydrogen) atoms. The van der Waals surface area contributed by atoms with E-state index in [0.29, 0.717) is 11.4 Å². The first-order valence-corrected chi connectivity index (χ1v) is 8.12. The van der Waals surface area contributed by atoms with Crippen molar-refractivity contribution < 1.29 is 13.5 Å².